The number of carbonyl (C=O) groups excluding carboxylic acids is 1. The van der Waals surface area contributed by atoms with Crippen molar-refractivity contribution < 1.29 is 15.0 Å². The lowest BCUT2D eigenvalue weighted by atomic mass is 10.0. The molecule has 0 aliphatic heterocycles. The Morgan fingerprint density at radius 1 is 0.338 bits per heavy atom. The standard InChI is InChI=1S/C67H127NO3/c1-3-5-7-9-11-13-15-17-19-21-23-25-26-27-28-29-30-31-32-33-34-35-36-37-38-39-40-41-42-43-45-47-49-51-53-55-57-59-61-63-67(71)68-65(64-69)66(70)62-60-58-56-54-52-50-48-46-44-24-22-20-18-16-14-12-10-8-6-4-2/h15,17,21,23,52,54,60,62,65-66,69-70H,3-14,16,18-20,22,24-51,53,55-59,61,63-64H2,1-2H3,(H,68,71)/b17-15-,23-21-,54-52+,62-60+. The van der Waals surface area contributed by atoms with Crippen LogP contribution in [0.2, 0.25) is 0 Å². The minimum atomic E-state index is -0.862. The molecular weight excluding hydrogens is 867 g/mol. The maximum atomic E-state index is 12.5. The molecule has 3 N–H and O–H groups in total. The number of hydrogen-bond acceptors (Lipinski definition) is 3. The van der Waals surface area contributed by atoms with Gasteiger partial charge in [-0.25, -0.2) is 0 Å². The van der Waals surface area contributed by atoms with Gasteiger partial charge in [0, 0.05) is 6.42 Å². The molecule has 0 saturated heterocycles. The highest BCUT2D eigenvalue weighted by Crippen LogP contribution is 2.18. The minimum Gasteiger partial charge on any atom is -0.394 e. The normalized spacial score (nSPS) is 13.0. The van der Waals surface area contributed by atoms with E-state index in [0.29, 0.717) is 6.42 Å². The summed E-state index contributed by atoms with van der Waals surface area (Å²) in [6.07, 6.45) is 87.5. The topological polar surface area (TPSA) is 69.6 Å². The predicted octanol–water partition coefficient (Wildman–Crippen LogP) is 21.8. The lowest BCUT2D eigenvalue weighted by Gasteiger charge is -2.19. The second-order valence-corrected chi connectivity index (χ2v) is 22.2. The Bertz CT molecular complexity index is 1130. The predicted molar refractivity (Wildman–Crippen MR) is 318 cm³/mol. The van der Waals surface area contributed by atoms with E-state index in [9.17, 15) is 15.0 Å². The van der Waals surface area contributed by atoms with Crippen LogP contribution in [0.25, 0.3) is 0 Å². The first-order valence-corrected chi connectivity index (χ1v) is 32.4. The van der Waals surface area contributed by atoms with Gasteiger partial charge in [0.05, 0.1) is 18.8 Å². The van der Waals surface area contributed by atoms with Crippen LogP contribution >= 0.6 is 0 Å². The number of rotatable bonds is 60. The molecule has 0 aliphatic rings. The summed E-state index contributed by atoms with van der Waals surface area (Å²) < 4.78 is 0. The van der Waals surface area contributed by atoms with Crippen molar-refractivity contribution in [1.29, 1.82) is 0 Å². The van der Waals surface area contributed by atoms with Crippen LogP contribution in [0, 0.1) is 0 Å². The third-order valence-corrected chi connectivity index (χ3v) is 15.0. The molecular formula is C67H127NO3. The number of aliphatic hydroxyl groups is 2. The molecule has 0 rings (SSSR count). The Balaban J connectivity index is 3.42. The third-order valence-electron chi connectivity index (χ3n) is 15.0. The molecule has 2 atom stereocenters. The summed E-state index contributed by atoms with van der Waals surface area (Å²) in [5.74, 6) is -0.0671. The zero-order chi connectivity index (χ0) is 51.3. The molecule has 0 radical (unpaired) electrons. The number of hydrogen-bond donors (Lipinski definition) is 3. The molecule has 4 heteroatoms. The Hall–Kier alpha value is -1.65. The van der Waals surface area contributed by atoms with E-state index in [1.54, 1.807) is 6.08 Å². The maximum Gasteiger partial charge on any atom is 0.220 e. The van der Waals surface area contributed by atoms with Crippen LogP contribution in [-0.4, -0.2) is 34.9 Å². The Morgan fingerprint density at radius 3 is 0.901 bits per heavy atom. The summed E-state index contributed by atoms with van der Waals surface area (Å²) in [6, 6.07) is -0.638. The molecule has 2 unspecified atom stereocenters. The molecule has 4 nitrogen and oxygen atoms in total. The summed E-state index contributed by atoms with van der Waals surface area (Å²) in [5.41, 5.74) is 0. The molecule has 0 saturated carbocycles. The zero-order valence-corrected chi connectivity index (χ0v) is 48.3. The van der Waals surface area contributed by atoms with E-state index in [2.05, 4.69) is 55.6 Å². The second-order valence-electron chi connectivity index (χ2n) is 22.2. The fraction of sp³-hybridized carbons (Fsp3) is 0.866. The van der Waals surface area contributed by atoms with Gasteiger partial charge in [0.15, 0.2) is 0 Å². The van der Waals surface area contributed by atoms with Crippen molar-refractivity contribution in [1.82, 2.24) is 5.32 Å². The van der Waals surface area contributed by atoms with E-state index in [4.69, 9.17) is 0 Å². The van der Waals surface area contributed by atoms with Crippen LogP contribution < -0.4 is 5.32 Å². The van der Waals surface area contributed by atoms with Crippen molar-refractivity contribution in [3.8, 4) is 0 Å². The van der Waals surface area contributed by atoms with Crippen molar-refractivity contribution in [3.63, 3.8) is 0 Å². The van der Waals surface area contributed by atoms with Gasteiger partial charge in [0.2, 0.25) is 5.91 Å². The number of allylic oxidation sites excluding steroid dienone is 7. The Kier molecular flexibility index (Phi) is 61.2. The van der Waals surface area contributed by atoms with Crippen molar-refractivity contribution in [2.45, 2.75) is 366 Å². The van der Waals surface area contributed by atoms with Gasteiger partial charge in [0.25, 0.3) is 0 Å². The van der Waals surface area contributed by atoms with Crippen LogP contribution in [0.4, 0.5) is 0 Å². The lowest BCUT2D eigenvalue weighted by Crippen LogP contribution is -2.45. The van der Waals surface area contributed by atoms with Gasteiger partial charge in [-0.15, -0.1) is 0 Å². The van der Waals surface area contributed by atoms with E-state index >= 15 is 0 Å². The highest BCUT2D eigenvalue weighted by Gasteiger charge is 2.18. The molecule has 0 heterocycles. The quantitative estimate of drug-likeness (QED) is 0.0420. The minimum absolute atomic E-state index is 0.0671. The lowest BCUT2D eigenvalue weighted by molar-refractivity contribution is -0.123. The summed E-state index contributed by atoms with van der Waals surface area (Å²) >= 11 is 0. The van der Waals surface area contributed by atoms with Gasteiger partial charge in [-0.2, -0.15) is 0 Å². The van der Waals surface area contributed by atoms with Gasteiger partial charge in [-0.1, -0.05) is 332 Å². The molecule has 0 aliphatic carbocycles. The van der Waals surface area contributed by atoms with Crippen molar-refractivity contribution in [2.24, 2.45) is 0 Å². The Labute approximate surface area is 445 Å². The summed E-state index contributed by atoms with van der Waals surface area (Å²) in [4.78, 5) is 12.5. The van der Waals surface area contributed by atoms with Crippen LogP contribution in [0.15, 0.2) is 48.6 Å². The van der Waals surface area contributed by atoms with E-state index in [1.807, 2.05) is 6.08 Å². The van der Waals surface area contributed by atoms with Crippen molar-refractivity contribution in [3.05, 3.63) is 48.6 Å². The molecule has 0 aromatic carbocycles. The number of unbranched alkanes of at least 4 members (excludes halogenated alkanes) is 47. The van der Waals surface area contributed by atoms with Gasteiger partial charge in [-0.3, -0.25) is 4.79 Å². The van der Waals surface area contributed by atoms with Crippen LogP contribution in [0.1, 0.15) is 354 Å². The van der Waals surface area contributed by atoms with E-state index in [-0.39, 0.29) is 12.5 Å². The van der Waals surface area contributed by atoms with Gasteiger partial charge in [0.1, 0.15) is 0 Å². The summed E-state index contributed by atoms with van der Waals surface area (Å²) in [6.45, 7) is 4.32. The van der Waals surface area contributed by atoms with Crippen LogP contribution in [0.5, 0.6) is 0 Å². The largest absolute Gasteiger partial charge is 0.394 e. The molecule has 418 valence electrons. The van der Waals surface area contributed by atoms with Crippen molar-refractivity contribution in [2.75, 3.05) is 6.61 Å². The maximum absolute atomic E-state index is 12.5. The van der Waals surface area contributed by atoms with Gasteiger partial charge < -0.3 is 15.5 Å². The molecule has 71 heavy (non-hydrogen) atoms. The SMILES string of the molecule is CCCCCCC/C=C\C/C=C\CCCCCCCCCCCCCCCCCCCCCCCCCCCCCC(=O)NC(CO)C(O)/C=C/CC/C=C/CCCCCCCCCCCCCCCC. The fourth-order valence-corrected chi connectivity index (χ4v) is 10.1. The van der Waals surface area contributed by atoms with Gasteiger partial charge >= 0.3 is 0 Å². The molecule has 0 spiro atoms. The van der Waals surface area contributed by atoms with E-state index in [1.165, 1.54) is 295 Å². The molecule has 0 fully saturated rings. The number of nitrogens with one attached hydrogen (secondary N) is 1. The first-order valence-electron chi connectivity index (χ1n) is 32.4. The van der Waals surface area contributed by atoms with E-state index in [0.717, 1.165) is 38.5 Å². The highest BCUT2D eigenvalue weighted by molar-refractivity contribution is 5.76. The molecule has 1 amide bonds. The smallest absolute Gasteiger partial charge is 0.220 e. The molecule has 0 aromatic rings. The van der Waals surface area contributed by atoms with Crippen molar-refractivity contribution >= 4 is 5.91 Å². The Morgan fingerprint density at radius 2 is 0.592 bits per heavy atom. The third kappa shape index (κ3) is 59.1. The van der Waals surface area contributed by atoms with E-state index < -0.39 is 12.1 Å². The average Bonchev–Trinajstić information content (AvgIpc) is 3.37. The first kappa shape index (κ1) is 69.3. The zero-order valence-electron chi connectivity index (χ0n) is 48.3. The fourth-order valence-electron chi connectivity index (χ4n) is 10.1. The highest BCUT2D eigenvalue weighted by atomic mass is 16.3. The molecule has 0 aromatic heterocycles. The van der Waals surface area contributed by atoms with Gasteiger partial charge in [-0.05, 0) is 64.2 Å². The number of amides is 1. The average molecular weight is 995 g/mol. The summed E-state index contributed by atoms with van der Waals surface area (Å²) in [5, 5.41) is 23.2. The number of aliphatic hydroxyl groups excluding tert-OH is 2. The van der Waals surface area contributed by atoms with Crippen LogP contribution in [-0.2, 0) is 4.79 Å². The monoisotopic (exact) mass is 994 g/mol. The summed E-state index contributed by atoms with van der Waals surface area (Å²) in [7, 11) is 0. The second kappa shape index (κ2) is 62.6. The number of carbonyl (C=O) groups is 1. The van der Waals surface area contributed by atoms with Crippen LogP contribution in [0.3, 0.4) is 0 Å². The first-order chi connectivity index (χ1) is 35.2. The molecule has 0 bridgehead atoms.